The van der Waals surface area contributed by atoms with Gasteiger partial charge < -0.3 is 24.5 Å². The van der Waals surface area contributed by atoms with Crippen molar-refractivity contribution in [1.29, 1.82) is 0 Å². The van der Waals surface area contributed by atoms with Gasteiger partial charge in [-0.2, -0.15) is 0 Å². The predicted molar refractivity (Wildman–Crippen MR) is 117 cm³/mol. The van der Waals surface area contributed by atoms with Crippen LogP contribution in [0.4, 0.5) is 0 Å². The molecule has 3 aromatic rings. The summed E-state index contributed by atoms with van der Waals surface area (Å²) >= 11 is 0. The van der Waals surface area contributed by atoms with Gasteiger partial charge >= 0.3 is 0 Å². The van der Waals surface area contributed by atoms with Crippen LogP contribution in [0.5, 0.6) is 17.4 Å². The maximum Gasteiger partial charge on any atom is 0.224 e. The van der Waals surface area contributed by atoms with Crippen molar-refractivity contribution in [2.45, 2.75) is 26.3 Å². The molecule has 2 heterocycles. The Morgan fingerprint density at radius 1 is 1.07 bits per heavy atom. The van der Waals surface area contributed by atoms with Crippen LogP contribution in [-0.2, 0) is 13.0 Å². The average molecular weight is 409 g/mol. The predicted octanol–water partition coefficient (Wildman–Crippen LogP) is 4.16. The first-order chi connectivity index (χ1) is 14.8. The van der Waals surface area contributed by atoms with Gasteiger partial charge in [-0.05, 0) is 48.9 Å². The Balaban J connectivity index is 1.53. The summed E-state index contributed by atoms with van der Waals surface area (Å²) in [7, 11) is 1.74. The van der Waals surface area contributed by atoms with E-state index in [9.17, 15) is 0 Å². The Morgan fingerprint density at radius 2 is 1.90 bits per heavy atom. The molecule has 7 heteroatoms. The van der Waals surface area contributed by atoms with E-state index in [1.54, 1.807) is 19.5 Å². The summed E-state index contributed by atoms with van der Waals surface area (Å²) in [5.74, 6) is 3.73. The van der Waals surface area contributed by atoms with Crippen LogP contribution in [-0.4, -0.2) is 31.1 Å². The Hall–Kier alpha value is -3.48. The number of aliphatic imine (C=N–C) groups is 1. The van der Waals surface area contributed by atoms with Crippen molar-refractivity contribution in [3.8, 4) is 17.4 Å². The molecule has 158 valence electrons. The minimum atomic E-state index is 0.529. The third-order valence-corrected chi connectivity index (χ3v) is 4.27. The molecule has 0 aliphatic heterocycles. The van der Waals surface area contributed by atoms with Crippen LogP contribution in [0.3, 0.4) is 0 Å². The zero-order chi connectivity index (χ0) is 21.0. The molecule has 2 N–H and O–H groups in total. The monoisotopic (exact) mass is 408 g/mol. The summed E-state index contributed by atoms with van der Waals surface area (Å²) in [6.45, 7) is 4.03. The second kappa shape index (κ2) is 11.5. The van der Waals surface area contributed by atoms with Crippen molar-refractivity contribution in [1.82, 2.24) is 15.6 Å². The quantitative estimate of drug-likeness (QED) is 0.387. The number of guanidine groups is 1. The van der Waals surface area contributed by atoms with Crippen molar-refractivity contribution >= 4 is 5.96 Å². The molecule has 0 aliphatic carbocycles. The largest absolute Gasteiger partial charge is 0.494 e. The number of benzene rings is 1. The standard InChI is InChI=1S/C23H28N4O3/c1-3-15-28-20-8-10-21(11-9-20)30-22-18(6-4-13-25-22)17-27-23(24-2)26-14-12-19-7-5-16-29-19/h4-11,13,16H,3,12,14-15,17H2,1-2H3,(H2,24,26,27). The molecule has 0 spiro atoms. The van der Waals surface area contributed by atoms with Crippen molar-refractivity contribution < 1.29 is 13.9 Å². The van der Waals surface area contributed by atoms with E-state index < -0.39 is 0 Å². The lowest BCUT2D eigenvalue weighted by atomic mass is 10.2. The van der Waals surface area contributed by atoms with Crippen molar-refractivity contribution in [2.24, 2.45) is 4.99 Å². The number of hydrogen-bond donors (Lipinski definition) is 2. The highest BCUT2D eigenvalue weighted by Crippen LogP contribution is 2.25. The fourth-order valence-electron chi connectivity index (χ4n) is 2.74. The van der Waals surface area contributed by atoms with Gasteiger partial charge in [-0.1, -0.05) is 13.0 Å². The van der Waals surface area contributed by atoms with Crippen LogP contribution in [0.25, 0.3) is 0 Å². The number of ether oxygens (including phenoxy) is 2. The Bertz CT molecular complexity index is 908. The molecule has 0 unspecified atom stereocenters. The summed E-state index contributed by atoms with van der Waals surface area (Å²) in [5.41, 5.74) is 0.929. The minimum absolute atomic E-state index is 0.529. The number of hydrogen-bond acceptors (Lipinski definition) is 5. The number of pyridine rings is 1. The van der Waals surface area contributed by atoms with E-state index in [2.05, 4.69) is 27.5 Å². The summed E-state index contributed by atoms with van der Waals surface area (Å²) in [4.78, 5) is 8.64. The lowest BCUT2D eigenvalue weighted by Crippen LogP contribution is -2.37. The Morgan fingerprint density at radius 3 is 2.63 bits per heavy atom. The average Bonchev–Trinajstić information content (AvgIpc) is 3.30. The lowest BCUT2D eigenvalue weighted by molar-refractivity contribution is 0.317. The molecule has 0 atom stereocenters. The molecular formula is C23H28N4O3. The molecule has 0 bridgehead atoms. The number of furan rings is 1. The van der Waals surface area contributed by atoms with E-state index in [0.717, 1.165) is 36.5 Å². The minimum Gasteiger partial charge on any atom is -0.494 e. The topological polar surface area (TPSA) is 80.9 Å². The summed E-state index contributed by atoms with van der Waals surface area (Å²) in [6, 6.07) is 15.3. The maximum atomic E-state index is 5.99. The van der Waals surface area contributed by atoms with Gasteiger partial charge in [0.05, 0.1) is 12.9 Å². The first-order valence-corrected chi connectivity index (χ1v) is 10.1. The second-order valence-corrected chi connectivity index (χ2v) is 6.57. The SMILES string of the molecule is CCCOc1ccc(Oc2ncccc2CNC(=NC)NCCc2ccco2)cc1. The van der Waals surface area contributed by atoms with Gasteiger partial charge in [-0.3, -0.25) is 4.99 Å². The van der Waals surface area contributed by atoms with E-state index in [1.165, 1.54) is 0 Å². The third-order valence-electron chi connectivity index (χ3n) is 4.27. The molecule has 0 amide bonds. The summed E-state index contributed by atoms with van der Waals surface area (Å²) in [5, 5.41) is 6.57. The van der Waals surface area contributed by atoms with Gasteiger partial charge in [0.15, 0.2) is 5.96 Å². The molecule has 0 saturated carbocycles. The fraction of sp³-hybridized carbons (Fsp3) is 0.304. The van der Waals surface area contributed by atoms with Crippen LogP contribution in [0.1, 0.15) is 24.7 Å². The number of aromatic nitrogens is 1. The Labute approximate surface area is 177 Å². The molecule has 3 rings (SSSR count). The lowest BCUT2D eigenvalue weighted by Gasteiger charge is -2.14. The van der Waals surface area contributed by atoms with Gasteiger partial charge in [-0.25, -0.2) is 4.98 Å². The summed E-state index contributed by atoms with van der Waals surface area (Å²) in [6.07, 6.45) is 5.16. The van der Waals surface area contributed by atoms with Crippen LogP contribution in [0.15, 0.2) is 70.4 Å². The highest BCUT2D eigenvalue weighted by Gasteiger charge is 2.08. The van der Waals surface area contributed by atoms with Crippen LogP contribution >= 0.6 is 0 Å². The van der Waals surface area contributed by atoms with E-state index in [-0.39, 0.29) is 0 Å². The van der Waals surface area contributed by atoms with E-state index in [0.29, 0.717) is 30.7 Å². The first-order valence-electron chi connectivity index (χ1n) is 10.1. The van der Waals surface area contributed by atoms with Gasteiger partial charge in [0.1, 0.15) is 17.3 Å². The van der Waals surface area contributed by atoms with Crippen molar-refractivity contribution in [3.05, 3.63) is 72.3 Å². The Kier molecular flexibility index (Phi) is 8.14. The van der Waals surface area contributed by atoms with Gasteiger partial charge in [0.2, 0.25) is 5.88 Å². The van der Waals surface area contributed by atoms with E-state index >= 15 is 0 Å². The zero-order valence-electron chi connectivity index (χ0n) is 17.4. The van der Waals surface area contributed by atoms with Crippen molar-refractivity contribution in [2.75, 3.05) is 20.2 Å². The number of nitrogens with one attached hydrogen (secondary N) is 2. The normalized spacial score (nSPS) is 11.2. The highest BCUT2D eigenvalue weighted by atomic mass is 16.5. The highest BCUT2D eigenvalue weighted by molar-refractivity contribution is 5.79. The first kappa shape index (κ1) is 21.2. The van der Waals surface area contributed by atoms with Gasteiger partial charge in [-0.15, -0.1) is 0 Å². The molecule has 0 aliphatic rings. The molecule has 1 aromatic carbocycles. The summed E-state index contributed by atoms with van der Waals surface area (Å²) < 4.78 is 16.9. The van der Waals surface area contributed by atoms with E-state index in [4.69, 9.17) is 13.9 Å². The third kappa shape index (κ3) is 6.55. The van der Waals surface area contributed by atoms with Crippen molar-refractivity contribution in [3.63, 3.8) is 0 Å². The smallest absolute Gasteiger partial charge is 0.224 e. The number of rotatable bonds is 10. The molecular weight excluding hydrogens is 380 g/mol. The fourth-order valence-corrected chi connectivity index (χ4v) is 2.74. The molecule has 7 nitrogen and oxygen atoms in total. The molecule has 0 fully saturated rings. The van der Waals surface area contributed by atoms with E-state index in [1.807, 2.05) is 48.5 Å². The zero-order valence-corrected chi connectivity index (χ0v) is 17.4. The maximum absolute atomic E-state index is 5.99. The van der Waals surface area contributed by atoms with Crippen LogP contribution in [0, 0.1) is 0 Å². The number of nitrogens with zero attached hydrogens (tertiary/aromatic N) is 2. The molecule has 0 radical (unpaired) electrons. The molecule has 30 heavy (non-hydrogen) atoms. The molecule has 2 aromatic heterocycles. The second-order valence-electron chi connectivity index (χ2n) is 6.57. The molecule has 0 saturated heterocycles. The van der Waals surface area contributed by atoms with Gasteiger partial charge in [0, 0.05) is 38.3 Å². The van der Waals surface area contributed by atoms with Crippen LogP contribution in [0.2, 0.25) is 0 Å². The van der Waals surface area contributed by atoms with Crippen LogP contribution < -0.4 is 20.1 Å². The van der Waals surface area contributed by atoms with Gasteiger partial charge in [0.25, 0.3) is 0 Å².